The molecule has 2 saturated carbocycles. The van der Waals surface area contributed by atoms with Crippen LogP contribution in [0.25, 0.3) is 0 Å². The van der Waals surface area contributed by atoms with E-state index in [0.717, 1.165) is 0 Å². The molecule has 0 aromatic carbocycles. The van der Waals surface area contributed by atoms with Crippen LogP contribution in [0.15, 0.2) is 25.3 Å². The van der Waals surface area contributed by atoms with Gasteiger partial charge in [-0.3, -0.25) is 19.2 Å². The van der Waals surface area contributed by atoms with Gasteiger partial charge < -0.3 is 18.9 Å². The first kappa shape index (κ1) is 26.6. The van der Waals surface area contributed by atoms with Gasteiger partial charge in [0.15, 0.2) is 0 Å². The molecule has 0 N–H and O–H groups in total. The standard InChI is InChI=1S/C25H36O8/c1-4-14-30-22(26)18-6-8-20(9-7-18)24(28)32-16-17(3)33-25(29)21-12-10-19(11-13-21)23(27)31-15-5-2/h4-5,17-21H,1-2,6-16H2,3H3. The van der Waals surface area contributed by atoms with Crippen molar-refractivity contribution in [1.82, 2.24) is 0 Å². The molecule has 0 spiro atoms. The minimum Gasteiger partial charge on any atom is -0.462 e. The van der Waals surface area contributed by atoms with E-state index in [0.29, 0.717) is 51.4 Å². The molecule has 0 heterocycles. The number of hydrogen-bond donors (Lipinski definition) is 0. The Kier molecular flexibility index (Phi) is 11.1. The van der Waals surface area contributed by atoms with Crippen molar-refractivity contribution in [3.8, 4) is 0 Å². The second-order valence-corrected chi connectivity index (χ2v) is 8.81. The van der Waals surface area contributed by atoms with E-state index in [1.807, 2.05) is 0 Å². The predicted molar refractivity (Wildman–Crippen MR) is 120 cm³/mol. The minimum absolute atomic E-state index is 0.00486. The predicted octanol–water partition coefficient (Wildman–Crippen LogP) is 3.53. The molecule has 0 bridgehead atoms. The molecule has 8 nitrogen and oxygen atoms in total. The first-order valence-corrected chi connectivity index (χ1v) is 11.8. The number of hydrogen-bond acceptors (Lipinski definition) is 8. The summed E-state index contributed by atoms with van der Waals surface area (Å²) in [5.41, 5.74) is 0. The quantitative estimate of drug-likeness (QED) is 0.260. The highest BCUT2D eigenvalue weighted by molar-refractivity contribution is 5.76. The molecule has 8 heteroatoms. The van der Waals surface area contributed by atoms with Crippen LogP contribution < -0.4 is 0 Å². The molecule has 0 aliphatic heterocycles. The zero-order valence-electron chi connectivity index (χ0n) is 19.5. The highest BCUT2D eigenvalue weighted by Gasteiger charge is 2.33. The number of rotatable bonds is 11. The average molecular weight is 465 g/mol. The second kappa shape index (κ2) is 13.8. The molecule has 0 saturated heterocycles. The fourth-order valence-electron chi connectivity index (χ4n) is 4.29. The molecule has 2 rings (SSSR count). The van der Waals surface area contributed by atoms with E-state index in [9.17, 15) is 19.2 Å². The number of carbonyl (C=O) groups is 4. The largest absolute Gasteiger partial charge is 0.462 e. The molecule has 2 aliphatic rings. The summed E-state index contributed by atoms with van der Waals surface area (Å²) in [6, 6.07) is 0. The lowest BCUT2D eigenvalue weighted by atomic mass is 9.82. The van der Waals surface area contributed by atoms with Crippen molar-refractivity contribution in [2.45, 2.75) is 64.4 Å². The Morgan fingerprint density at radius 3 is 1.36 bits per heavy atom. The van der Waals surface area contributed by atoms with Gasteiger partial charge in [-0.25, -0.2) is 0 Å². The van der Waals surface area contributed by atoms with Gasteiger partial charge in [0.1, 0.15) is 25.9 Å². The van der Waals surface area contributed by atoms with Crippen molar-refractivity contribution in [3.05, 3.63) is 25.3 Å². The Balaban J connectivity index is 1.64. The van der Waals surface area contributed by atoms with Crippen molar-refractivity contribution < 1.29 is 38.1 Å². The van der Waals surface area contributed by atoms with Crippen molar-refractivity contribution in [1.29, 1.82) is 0 Å². The highest BCUT2D eigenvalue weighted by atomic mass is 16.6. The Hall–Kier alpha value is -2.64. The van der Waals surface area contributed by atoms with Gasteiger partial charge in [-0.2, -0.15) is 0 Å². The van der Waals surface area contributed by atoms with Crippen LogP contribution in [0.2, 0.25) is 0 Å². The summed E-state index contributed by atoms with van der Waals surface area (Å²) in [7, 11) is 0. The van der Waals surface area contributed by atoms with E-state index in [1.165, 1.54) is 12.2 Å². The van der Waals surface area contributed by atoms with Crippen LogP contribution in [-0.2, 0) is 38.1 Å². The summed E-state index contributed by atoms with van der Waals surface area (Å²) in [6.45, 7) is 9.12. The van der Waals surface area contributed by atoms with Gasteiger partial charge in [-0.15, -0.1) is 0 Å². The first-order valence-electron chi connectivity index (χ1n) is 11.8. The van der Waals surface area contributed by atoms with Crippen LogP contribution in [0.4, 0.5) is 0 Å². The van der Waals surface area contributed by atoms with E-state index in [2.05, 4.69) is 13.2 Å². The van der Waals surface area contributed by atoms with Gasteiger partial charge >= 0.3 is 23.9 Å². The topological polar surface area (TPSA) is 105 Å². The molecule has 2 aliphatic carbocycles. The molecule has 184 valence electrons. The molecule has 0 aromatic rings. The molecular formula is C25H36O8. The first-order chi connectivity index (χ1) is 15.8. The average Bonchev–Trinajstić information content (AvgIpc) is 2.84. The summed E-state index contributed by atoms with van der Waals surface area (Å²) < 4.78 is 21.0. The molecule has 2 fully saturated rings. The fraction of sp³-hybridized carbons (Fsp3) is 0.680. The van der Waals surface area contributed by atoms with Crippen LogP contribution >= 0.6 is 0 Å². The van der Waals surface area contributed by atoms with Crippen LogP contribution in [0.5, 0.6) is 0 Å². The molecule has 0 aromatic heterocycles. The third-order valence-corrected chi connectivity index (χ3v) is 6.25. The fourth-order valence-corrected chi connectivity index (χ4v) is 4.29. The zero-order valence-corrected chi connectivity index (χ0v) is 19.5. The smallest absolute Gasteiger partial charge is 0.309 e. The summed E-state index contributed by atoms with van der Waals surface area (Å²) in [4.78, 5) is 48.6. The van der Waals surface area contributed by atoms with E-state index in [4.69, 9.17) is 18.9 Å². The Morgan fingerprint density at radius 1 is 0.667 bits per heavy atom. The molecule has 0 amide bonds. The molecule has 33 heavy (non-hydrogen) atoms. The Morgan fingerprint density at radius 2 is 1.00 bits per heavy atom. The summed E-state index contributed by atoms with van der Waals surface area (Å²) in [5.74, 6) is -2.03. The third kappa shape index (κ3) is 8.67. The van der Waals surface area contributed by atoms with Crippen molar-refractivity contribution in [2.24, 2.45) is 23.7 Å². The van der Waals surface area contributed by atoms with Crippen molar-refractivity contribution in [2.75, 3.05) is 19.8 Å². The van der Waals surface area contributed by atoms with Gasteiger partial charge in [0.05, 0.1) is 23.7 Å². The normalized spacial score (nSPS) is 25.7. The van der Waals surface area contributed by atoms with Crippen molar-refractivity contribution in [3.63, 3.8) is 0 Å². The number of esters is 4. The third-order valence-electron chi connectivity index (χ3n) is 6.25. The Bertz CT molecular complexity index is 699. The van der Waals surface area contributed by atoms with Gasteiger partial charge in [-0.05, 0) is 58.3 Å². The molecular weight excluding hydrogens is 428 g/mol. The van der Waals surface area contributed by atoms with Crippen molar-refractivity contribution >= 4 is 23.9 Å². The maximum absolute atomic E-state index is 12.4. The van der Waals surface area contributed by atoms with E-state index >= 15 is 0 Å². The number of carbonyl (C=O) groups excluding carboxylic acids is 4. The van der Waals surface area contributed by atoms with E-state index < -0.39 is 6.10 Å². The molecule has 1 atom stereocenters. The van der Waals surface area contributed by atoms with Gasteiger partial charge in [-0.1, -0.05) is 25.3 Å². The van der Waals surface area contributed by atoms with E-state index in [-0.39, 0.29) is 67.4 Å². The number of ether oxygens (including phenoxy) is 4. The maximum atomic E-state index is 12.4. The zero-order chi connectivity index (χ0) is 24.2. The lowest BCUT2D eigenvalue weighted by Crippen LogP contribution is -2.32. The van der Waals surface area contributed by atoms with E-state index in [1.54, 1.807) is 6.92 Å². The van der Waals surface area contributed by atoms with Crippen LogP contribution in [0.1, 0.15) is 58.3 Å². The SMILES string of the molecule is C=CCOC(=O)C1CCC(C(=O)OCC(C)OC(=O)C2CCC(C(=O)OCC=C)CC2)CC1. The lowest BCUT2D eigenvalue weighted by molar-refractivity contribution is -0.165. The highest BCUT2D eigenvalue weighted by Crippen LogP contribution is 2.32. The second-order valence-electron chi connectivity index (χ2n) is 8.81. The summed E-state index contributed by atoms with van der Waals surface area (Å²) in [5, 5.41) is 0. The van der Waals surface area contributed by atoms with Crippen LogP contribution in [0.3, 0.4) is 0 Å². The lowest BCUT2D eigenvalue weighted by Gasteiger charge is -2.27. The summed E-state index contributed by atoms with van der Waals surface area (Å²) >= 11 is 0. The minimum atomic E-state index is -0.554. The molecule has 1 unspecified atom stereocenters. The maximum Gasteiger partial charge on any atom is 0.309 e. The van der Waals surface area contributed by atoms with Gasteiger partial charge in [0.2, 0.25) is 0 Å². The van der Waals surface area contributed by atoms with Crippen LogP contribution in [0, 0.1) is 23.7 Å². The Labute approximate surface area is 195 Å². The molecule has 0 radical (unpaired) electrons. The van der Waals surface area contributed by atoms with Crippen LogP contribution in [-0.4, -0.2) is 49.8 Å². The monoisotopic (exact) mass is 464 g/mol. The van der Waals surface area contributed by atoms with Gasteiger partial charge in [0.25, 0.3) is 0 Å². The van der Waals surface area contributed by atoms with Gasteiger partial charge in [0, 0.05) is 0 Å². The summed E-state index contributed by atoms with van der Waals surface area (Å²) in [6.07, 6.45) is 7.12.